The number of hydrogen-bond acceptors (Lipinski definition) is 2. The predicted octanol–water partition coefficient (Wildman–Crippen LogP) is -0.0103. The maximum absolute atomic E-state index is 5.15. The fraction of sp³-hybridized carbons (Fsp3) is 0.455. The number of nitrogens with zero attached hydrogens (tertiary/aromatic N) is 3. The third-order valence-corrected chi connectivity index (χ3v) is 2.15. The Hall–Kier alpha value is -1.96. The van der Waals surface area contributed by atoms with Gasteiger partial charge in [-0.1, -0.05) is 5.92 Å². The van der Waals surface area contributed by atoms with Crippen LogP contribution in [0.5, 0.6) is 0 Å². The molecule has 0 unspecified atom stereocenters. The summed E-state index contributed by atoms with van der Waals surface area (Å²) in [5, 5.41) is 6.16. The molecule has 0 aliphatic heterocycles. The Kier molecular flexibility index (Phi) is 4.93. The summed E-state index contributed by atoms with van der Waals surface area (Å²) in [7, 11) is 1.72. The summed E-state index contributed by atoms with van der Waals surface area (Å²) in [6.45, 7) is 4.08. The third-order valence-electron chi connectivity index (χ3n) is 2.15. The molecule has 0 atom stereocenters. The van der Waals surface area contributed by atoms with Gasteiger partial charge in [-0.3, -0.25) is 4.99 Å². The van der Waals surface area contributed by atoms with Gasteiger partial charge >= 0.3 is 0 Å². The van der Waals surface area contributed by atoms with Crippen molar-refractivity contribution in [1.82, 2.24) is 20.2 Å². The van der Waals surface area contributed by atoms with Crippen LogP contribution in [0, 0.1) is 19.3 Å². The maximum Gasteiger partial charge on any atom is 0.191 e. The van der Waals surface area contributed by atoms with E-state index in [1.165, 1.54) is 0 Å². The van der Waals surface area contributed by atoms with E-state index in [2.05, 4.69) is 31.1 Å². The summed E-state index contributed by atoms with van der Waals surface area (Å²) in [4.78, 5) is 8.19. The fourth-order valence-corrected chi connectivity index (χ4v) is 1.29. The molecule has 5 heteroatoms. The first-order valence-corrected chi connectivity index (χ1v) is 5.13. The quantitative estimate of drug-likeness (QED) is 0.425. The molecular weight excluding hydrogens is 202 g/mol. The highest BCUT2D eigenvalue weighted by Gasteiger charge is 1.97. The zero-order valence-corrected chi connectivity index (χ0v) is 9.70. The van der Waals surface area contributed by atoms with Crippen LogP contribution in [0.25, 0.3) is 0 Å². The lowest BCUT2D eigenvalue weighted by molar-refractivity contribution is 0.648. The van der Waals surface area contributed by atoms with Crippen LogP contribution in [0.4, 0.5) is 0 Å². The van der Waals surface area contributed by atoms with Crippen molar-refractivity contribution in [2.24, 2.45) is 4.99 Å². The van der Waals surface area contributed by atoms with E-state index in [9.17, 15) is 0 Å². The molecule has 1 rings (SSSR count). The summed E-state index contributed by atoms with van der Waals surface area (Å²) >= 11 is 0. The molecule has 0 saturated carbocycles. The number of nitrogens with one attached hydrogen (secondary N) is 2. The van der Waals surface area contributed by atoms with Crippen molar-refractivity contribution in [3.8, 4) is 12.3 Å². The monoisotopic (exact) mass is 219 g/mol. The highest BCUT2D eigenvalue weighted by atomic mass is 15.2. The number of hydrogen-bond donors (Lipinski definition) is 2. The highest BCUT2D eigenvalue weighted by molar-refractivity contribution is 5.79. The van der Waals surface area contributed by atoms with Crippen molar-refractivity contribution in [2.45, 2.75) is 13.5 Å². The van der Waals surface area contributed by atoms with E-state index < -0.39 is 0 Å². The minimum atomic E-state index is 0.476. The summed E-state index contributed by atoms with van der Waals surface area (Å²) in [5.41, 5.74) is 0. The maximum atomic E-state index is 5.15. The Balaban J connectivity index is 2.30. The van der Waals surface area contributed by atoms with Crippen molar-refractivity contribution in [2.75, 3.05) is 20.1 Å². The molecule has 5 nitrogen and oxygen atoms in total. The number of aromatic nitrogens is 2. The summed E-state index contributed by atoms with van der Waals surface area (Å²) < 4.78 is 2.07. The van der Waals surface area contributed by atoms with Crippen LogP contribution in [0.15, 0.2) is 17.4 Å². The molecular formula is C11H17N5. The van der Waals surface area contributed by atoms with E-state index in [1.54, 1.807) is 13.2 Å². The average molecular weight is 219 g/mol. The molecule has 0 radical (unpaired) electrons. The molecule has 0 aromatic carbocycles. The normalized spacial score (nSPS) is 10.9. The zero-order valence-electron chi connectivity index (χ0n) is 9.70. The minimum Gasteiger partial charge on any atom is -0.355 e. The summed E-state index contributed by atoms with van der Waals surface area (Å²) in [6, 6.07) is 0. The molecule has 0 fully saturated rings. The van der Waals surface area contributed by atoms with Crippen LogP contribution in [0.1, 0.15) is 5.82 Å². The van der Waals surface area contributed by atoms with Crippen molar-refractivity contribution >= 4 is 5.96 Å². The Bertz CT molecular complexity index is 385. The van der Waals surface area contributed by atoms with Gasteiger partial charge in [-0.05, 0) is 6.92 Å². The second-order valence-electron chi connectivity index (χ2n) is 3.22. The molecule has 16 heavy (non-hydrogen) atoms. The van der Waals surface area contributed by atoms with Gasteiger partial charge in [0.1, 0.15) is 5.82 Å². The number of terminal acetylenes is 1. The minimum absolute atomic E-state index is 0.476. The van der Waals surface area contributed by atoms with Gasteiger partial charge < -0.3 is 15.2 Å². The number of imidazole rings is 1. The molecule has 1 heterocycles. The first kappa shape index (κ1) is 12.1. The lowest BCUT2D eigenvalue weighted by atomic mass is 10.5. The van der Waals surface area contributed by atoms with Gasteiger partial charge in [0.15, 0.2) is 5.96 Å². The summed E-state index contributed by atoms with van der Waals surface area (Å²) in [5.74, 6) is 4.22. The van der Waals surface area contributed by atoms with Crippen LogP contribution in [-0.4, -0.2) is 35.6 Å². The van der Waals surface area contributed by atoms with Crippen LogP contribution >= 0.6 is 0 Å². The van der Waals surface area contributed by atoms with Gasteiger partial charge in [-0.25, -0.2) is 4.98 Å². The smallest absolute Gasteiger partial charge is 0.191 e. The molecule has 0 bridgehead atoms. The Labute approximate surface area is 96.0 Å². The molecule has 0 aliphatic carbocycles. The highest BCUT2D eigenvalue weighted by Crippen LogP contribution is 1.93. The van der Waals surface area contributed by atoms with Crippen molar-refractivity contribution in [3.05, 3.63) is 18.2 Å². The van der Waals surface area contributed by atoms with Crippen molar-refractivity contribution in [1.29, 1.82) is 0 Å². The van der Waals surface area contributed by atoms with Gasteiger partial charge in [0.25, 0.3) is 0 Å². The van der Waals surface area contributed by atoms with E-state index >= 15 is 0 Å². The van der Waals surface area contributed by atoms with E-state index in [-0.39, 0.29) is 0 Å². The number of aryl methyl sites for hydroxylation is 1. The molecule has 0 aliphatic rings. The topological polar surface area (TPSA) is 54.2 Å². The van der Waals surface area contributed by atoms with Gasteiger partial charge in [0.05, 0.1) is 6.54 Å². The van der Waals surface area contributed by atoms with E-state index in [0.29, 0.717) is 6.54 Å². The zero-order chi connectivity index (χ0) is 11.8. The summed E-state index contributed by atoms with van der Waals surface area (Å²) in [6.07, 6.45) is 8.89. The molecule has 2 N–H and O–H groups in total. The largest absolute Gasteiger partial charge is 0.355 e. The van der Waals surface area contributed by atoms with Gasteiger partial charge in [0.2, 0.25) is 0 Å². The number of guanidine groups is 1. The average Bonchev–Trinajstić information content (AvgIpc) is 2.69. The Morgan fingerprint density at radius 2 is 2.44 bits per heavy atom. The molecule has 86 valence electrons. The van der Waals surface area contributed by atoms with Crippen molar-refractivity contribution < 1.29 is 0 Å². The SMILES string of the molecule is C#CCNC(=NC)NCCn1ccnc1C. The molecule has 0 saturated heterocycles. The van der Waals surface area contributed by atoms with Gasteiger partial charge in [-0.2, -0.15) is 0 Å². The predicted molar refractivity (Wildman–Crippen MR) is 65.2 cm³/mol. The first-order valence-electron chi connectivity index (χ1n) is 5.13. The third kappa shape index (κ3) is 3.65. The van der Waals surface area contributed by atoms with Crippen LogP contribution in [0.3, 0.4) is 0 Å². The first-order chi connectivity index (χ1) is 7.77. The standard InChI is InChI=1S/C11H17N5/c1-4-5-14-11(12-3)15-7-9-16-8-6-13-10(16)2/h1,6,8H,5,7,9H2,2-3H3,(H2,12,14,15). The van der Waals surface area contributed by atoms with Crippen LogP contribution in [0.2, 0.25) is 0 Å². The number of aliphatic imine (C=N–C) groups is 1. The molecule has 0 amide bonds. The van der Waals surface area contributed by atoms with E-state index in [4.69, 9.17) is 6.42 Å². The molecule has 0 spiro atoms. The van der Waals surface area contributed by atoms with Gasteiger partial charge in [-0.15, -0.1) is 6.42 Å². The van der Waals surface area contributed by atoms with E-state index in [0.717, 1.165) is 24.9 Å². The Morgan fingerprint density at radius 1 is 1.62 bits per heavy atom. The molecule has 1 aromatic rings. The second-order valence-corrected chi connectivity index (χ2v) is 3.22. The molecule has 1 aromatic heterocycles. The lowest BCUT2D eigenvalue weighted by Gasteiger charge is -2.10. The lowest BCUT2D eigenvalue weighted by Crippen LogP contribution is -2.38. The van der Waals surface area contributed by atoms with Crippen LogP contribution in [-0.2, 0) is 6.54 Å². The van der Waals surface area contributed by atoms with Gasteiger partial charge in [0, 0.05) is 32.5 Å². The van der Waals surface area contributed by atoms with E-state index in [1.807, 2.05) is 13.1 Å². The fourth-order valence-electron chi connectivity index (χ4n) is 1.29. The van der Waals surface area contributed by atoms with Crippen molar-refractivity contribution in [3.63, 3.8) is 0 Å². The van der Waals surface area contributed by atoms with Crippen LogP contribution < -0.4 is 10.6 Å². The number of rotatable bonds is 4. The second kappa shape index (κ2) is 6.51. The Morgan fingerprint density at radius 3 is 3.00 bits per heavy atom.